The van der Waals surface area contributed by atoms with Gasteiger partial charge in [-0.2, -0.15) is 0 Å². The summed E-state index contributed by atoms with van der Waals surface area (Å²) in [5.41, 5.74) is 0.634. The summed E-state index contributed by atoms with van der Waals surface area (Å²) in [5, 5.41) is 0. The van der Waals surface area contributed by atoms with Crippen LogP contribution >= 0.6 is 11.6 Å². The zero-order valence-corrected chi connectivity index (χ0v) is 12.7. The van der Waals surface area contributed by atoms with Gasteiger partial charge in [0.1, 0.15) is 9.84 Å². The lowest BCUT2D eigenvalue weighted by Gasteiger charge is -2.07. The zero-order valence-electron chi connectivity index (χ0n) is 11.2. The fourth-order valence-corrected chi connectivity index (χ4v) is 2.14. The topological polar surface area (TPSA) is 43.4 Å². The molecule has 0 aliphatic carbocycles. The molecular weight excluding hydrogens is 303 g/mol. The van der Waals surface area contributed by atoms with Crippen LogP contribution in [0.1, 0.15) is 18.4 Å². The minimum atomic E-state index is -3.02. The van der Waals surface area contributed by atoms with E-state index in [4.69, 9.17) is 16.3 Å². The summed E-state index contributed by atoms with van der Waals surface area (Å²) >= 11 is 5.51. The van der Waals surface area contributed by atoms with Crippen molar-refractivity contribution in [2.24, 2.45) is 0 Å². The number of rotatable bonds is 6. The van der Waals surface area contributed by atoms with E-state index in [2.05, 4.69) is 11.8 Å². The molecule has 1 rings (SSSR count). The normalized spacial score (nSPS) is 10.8. The molecule has 20 heavy (non-hydrogen) atoms. The molecule has 0 bridgehead atoms. The fourth-order valence-electron chi connectivity index (χ4n) is 1.41. The van der Waals surface area contributed by atoms with Crippen LogP contribution in [-0.4, -0.2) is 32.9 Å². The van der Waals surface area contributed by atoms with Gasteiger partial charge in [-0.05, 0) is 24.6 Å². The van der Waals surface area contributed by atoms with Gasteiger partial charge in [0.25, 0.3) is 0 Å². The number of benzene rings is 1. The smallest absolute Gasteiger partial charge is 0.165 e. The lowest BCUT2D eigenvalue weighted by Crippen LogP contribution is -2.08. The summed E-state index contributed by atoms with van der Waals surface area (Å²) in [4.78, 5) is 0. The summed E-state index contributed by atoms with van der Waals surface area (Å²) in [6.07, 6.45) is 2.03. The maximum Gasteiger partial charge on any atom is 0.165 e. The van der Waals surface area contributed by atoms with Gasteiger partial charge in [0.05, 0.1) is 12.4 Å². The molecule has 110 valence electrons. The van der Waals surface area contributed by atoms with Crippen LogP contribution in [0.25, 0.3) is 0 Å². The molecule has 1 aromatic rings. The van der Waals surface area contributed by atoms with Gasteiger partial charge in [-0.25, -0.2) is 12.8 Å². The van der Waals surface area contributed by atoms with Gasteiger partial charge >= 0.3 is 0 Å². The zero-order chi connectivity index (χ0) is 15.0. The van der Waals surface area contributed by atoms with E-state index in [-0.39, 0.29) is 18.1 Å². The lowest BCUT2D eigenvalue weighted by molar-refractivity contribution is 0.301. The molecular formula is C14H16ClFO3S. The second kappa shape index (κ2) is 8.13. The Morgan fingerprint density at radius 1 is 1.40 bits per heavy atom. The van der Waals surface area contributed by atoms with E-state index in [0.29, 0.717) is 24.3 Å². The van der Waals surface area contributed by atoms with Crippen molar-refractivity contribution in [3.8, 4) is 17.6 Å². The maximum atomic E-state index is 13.5. The standard InChI is InChI=1S/C14H16ClFO3S/c1-20(17,18)10-4-9-19-14-11-12(5-2-3-8-15)6-7-13(14)16/h6-7,11H,3-4,8-10H2,1H3. The Labute approximate surface area is 124 Å². The van der Waals surface area contributed by atoms with E-state index >= 15 is 0 Å². The summed E-state index contributed by atoms with van der Waals surface area (Å²) in [6, 6.07) is 4.33. The van der Waals surface area contributed by atoms with E-state index in [0.717, 1.165) is 6.26 Å². The summed E-state index contributed by atoms with van der Waals surface area (Å²) < 4.78 is 40.7. The Morgan fingerprint density at radius 2 is 2.15 bits per heavy atom. The molecule has 1 aromatic carbocycles. The SMILES string of the molecule is CS(=O)(=O)CCCOc1cc(C#CCCCl)ccc1F. The molecule has 6 heteroatoms. The number of sulfone groups is 1. The largest absolute Gasteiger partial charge is 0.490 e. The summed E-state index contributed by atoms with van der Waals surface area (Å²) in [5.74, 6) is 5.75. The summed E-state index contributed by atoms with van der Waals surface area (Å²) in [7, 11) is -3.02. The average Bonchev–Trinajstić information content (AvgIpc) is 2.37. The van der Waals surface area contributed by atoms with Gasteiger partial charge in [-0.1, -0.05) is 11.8 Å². The molecule has 0 aliphatic rings. The highest BCUT2D eigenvalue weighted by molar-refractivity contribution is 7.90. The highest BCUT2D eigenvalue weighted by Gasteiger charge is 2.06. The second-order valence-corrected chi connectivity index (χ2v) is 6.86. The average molecular weight is 319 g/mol. The van der Waals surface area contributed by atoms with Crippen molar-refractivity contribution in [1.82, 2.24) is 0 Å². The van der Waals surface area contributed by atoms with Gasteiger partial charge in [0.2, 0.25) is 0 Å². The first-order chi connectivity index (χ1) is 9.42. The predicted octanol–water partition coefficient (Wildman–Crippen LogP) is 2.62. The third-order valence-corrected chi connectivity index (χ3v) is 3.52. The van der Waals surface area contributed by atoms with Gasteiger partial charge < -0.3 is 4.74 Å². The Morgan fingerprint density at radius 3 is 2.80 bits per heavy atom. The number of hydrogen-bond acceptors (Lipinski definition) is 3. The molecule has 0 unspecified atom stereocenters. The van der Waals surface area contributed by atoms with E-state index in [1.807, 2.05) is 0 Å². The van der Waals surface area contributed by atoms with Crippen molar-refractivity contribution in [3.63, 3.8) is 0 Å². The van der Waals surface area contributed by atoms with Crippen molar-refractivity contribution in [2.75, 3.05) is 24.5 Å². The molecule has 0 saturated heterocycles. The van der Waals surface area contributed by atoms with Crippen LogP contribution in [0, 0.1) is 17.7 Å². The molecule has 0 amide bonds. The van der Waals surface area contributed by atoms with Crippen LogP contribution < -0.4 is 4.74 Å². The Kier molecular flexibility index (Phi) is 6.83. The maximum absolute atomic E-state index is 13.5. The number of halogens is 2. The molecule has 0 fully saturated rings. The first kappa shape index (κ1) is 16.8. The highest BCUT2D eigenvalue weighted by atomic mass is 35.5. The Balaban J connectivity index is 2.61. The van der Waals surface area contributed by atoms with Gasteiger partial charge in [0, 0.05) is 24.1 Å². The van der Waals surface area contributed by atoms with Crippen LogP contribution in [0.15, 0.2) is 18.2 Å². The van der Waals surface area contributed by atoms with Gasteiger partial charge in [-0.3, -0.25) is 0 Å². The molecule has 0 N–H and O–H groups in total. The van der Waals surface area contributed by atoms with Crippen LogP contribution in [-0.2, 0) is 9.84 Å². The third-order valence-electron chi connectivity index (χ3n) is 2.30. The van der Waals surface area contributed by atoms with E-state index in [9.17, 15) is 12.8 Å². The Hall–Kier alpha value is -1.25. The number of alkyl halides is 1. The molecule has 0 saturated carbocycles. The molecule has 0 atom stereocenters. The van der Waals surface area contributed by atoms with Crippen molar-refractivity contribution in [2.45, 2.75) is 12.8 Å². The second-order valence-electron chi connectivity index (χ2n) is 4.22. The monoisotopic (exact) mass is 318 g/mol. The lowest BCUT2D eigenvalue weighted by atomic mass is 10.2. The molecule has 0 aliphatic heterocycles. The third kappa shape index (κ3) is 6.78. The molecule has 0 aromatic heterocycles. The summed E-state index contributed by atoms with van der Waals surface area (Å²) in [6.45, 7) is 0.141. The van der Waals surface area contributed by atoms with Crippen LogP contribution in [0.4, 0.5) is 4.39 Å². The predicted molar refractivity (Wildman–Crippen MR) is 78.4 cm³/mol. The molecule has 0 heterocycles. The first-order valence-corrected chi connectivity index (χ1v) is 8.67. The van der Waals surface area contributed by atoms with Crippen molar-refractivity contribution in [3.05, 3.63) is 29.6 Å². The minimum absolute atomic E-state index is 0.0177. The van der Waals surface area contributed by atoms with Crippen molar-refractivity contribution < 1.29 is 17.5 Å². The minimum Gasteiger partial charge on any atom is -0.490 e. The van der Waals surface area contributed by atoms with Gasteiger partial charge in [-0.15, -0.1) is 11.6 Å². The molecule has 0 radical (unpaired) electrons. The molecule has 0 spiro atoms. The quantitative estimate of drug-likeness (QED) is 0.460. The Bertz CT molecular complexity index is 603. The van der Waals surface area contributed by atoms with Gasteiger partial charge in [0.15, 0.2) is 11.6 Å². The molecule has 3 nitrogen and oxygen atoms in total. The first-order valence-electron chi connectivity index (χ1n) is 6.07. The van der Waals surface area contributed by atoms with Crippen molar-refractivity contribution in [1.29, 1.82) is 0 Å². The van der Waals surface area contributed by atoms with Crippen molar-refractivity contribution >= 4 is 21.4 Å². The van der Waals surface area contributed by atoms with Crippen LogP contribution in [0.3, 0.4) is 0 Å². The van der Waals surface area contributed by atoms with E-state index < -0.39 is 15.7 Å². The number of ether oxygens (including phenoxy) is 1. The van der Waals surface area contributed by atoms with E-state index in [1.165, 1.54) is 12.1 Å². The van der Waals surface area contributed by atoms with E-state index in [1.54, 1.807) is 6.07 Å². The van der Waals surface area contributed by atoms with Crippen LogP contribution in [0.2, 0.25) is 0 Å². The fraction of sp³-hybridized carbons (Fsp3) is 0.429. The highest BCUT2D eigenvalue weighted by Crippen LogP contribution is 2.18. The van der Waals surface area contributed by atoms with Crippen LogP contribution in [0.5, 0.6) is 5.75 Å². The number of hydrogen-bond donors (Lipinski definition) is 0.